The number of carbonyl (C=O) groups is 1. The lowest BCUT2D eigenvalue weighted by Crippen LogP contribution is -2.50. The highest BCUT2D eigenvalue weighted by atomic mass is 19.4. The van der Waals surface area contributed by atoms with E-state index in [1.165, 1.54) is 16.7 Å². The summed E-state index contributed by atoms with van der Waals surface area (Å²) in [4.78, 5) is 32.4. The van der Waals surface area contributed by atoms with Crippen molar-refractivity contribution in [2.75, 3.05) is 6.54 Å². The van der Waals surface area contributed by atoms with Crippen LogP contribution in [0.4, 0.5) is 13.2 Å². The van der Waals surface area contributed by atoms with Gasteiger partial charge in [-0.2, -0.15) is 13.2 Å². The summed E-state index contributed by atoms with van der Waals surface area (Å²) in [5, 5.41) is 0.749. The molecule has 1 aliphatic heterocycles. The van der Waals surface area contributed by atoms with E-state index in [-0.39, 0.29) is 17.5 Å². The molecule has 1 aliphatic rings. The number of aryl methyl sites for hydroxylation is 2. The first-order valence-electron chi connectivity index (χ1n) is 11.8. The van der Waals surface area contributed by atoms with Gasteiger partial charge in [0, 0.05) is 49.0 Å². The topological polar surface area (TPSA) is 65.1 Å². The number of pyridine rings is 1. The first-order valence-corrected chi connectivity index (χ1v) is 11.8. The molecule has 0 bridgehead atoms. The van der Waals surface area contributed by atoms with E-state index >= 15 is 0 Å². The highest BCUT2D eigenvalue weighted by molar-refractivity contribution is 5.93. The summed E-state index contributed by atoms with van der Waals surface area (Å²) < 4.78 is 44.6. The minimum absolute atomic E-state index is 0.223. The Kier molecular flexibility index (Phi) is 5.77. The maximum absolute atomic E-state index is 13.3. The van der Waals surface area contributed by atoms with Gasteiger partial charge in [-0.25, -0.2) is 4.98 Å². The molecule has 1 unspecified atom stereocenters. The number of benzene rings is 1. The monoisotopic (exact) mass is 497 g/mol. The molecule has 5 rings (SSSR count). The van der Waals surface area contributed by atoms with Gasteiger partial charge in [0.05, 0.1) is 17.6 Å². The number of rotatable bonds is 5. The Morgan fingerprint density at radius 2 is 1.89 bits per heavy atom. The van der Waals surface area contributed by atoms with E-state index < -0.39 is 11.7 Å². The van der Waals surface area contributed by atoms with Gasteiger partial charge in [0.25, 0.3) is 11.5 Å². The predicted octanol–water partition coefficient (Wildman–Crippen LogP) is 4.42. The fourth-order valence-corrected chi connectivity index (χ4v) is 4.96. The summed E-state index contributed by atoms with van der Waals surface area (Å²) in [6.45, 7) is 6.89. The summed E-state index contributed by atoms with van der Waals surface area (Å²) in [6, 6.07) is 6.86. The summed E-state index contributed by atoms with van der Waals surface area (Å²) in [7, 11) is 0. The first-order chi connectivity index (χ1) is 17.1. The molecule has 4 heterocycles. The van der Waals surface area contributed by atoms with Gasteiger partial charge in [0.15, 0.2) is 0 Å². The quantitative estimate of drug-likeness (QED) is 0.410. The molecule has 188 valence electrons. The van der Waals surface area contributed by atoms with Crippen LogP contribution in [0.15, 0.2) is 53.8 Å². The molecule has 36 heavy (non-hydrogen) atoms. The van der Waals surface area contributed by atoms with Gasteiger partial charge >= 0.3 is 6.18 Å². The van der Waals surface area contributed by atoms with Gasteiger partial charge in [0.2, 0.25) is 0 Å². The molecule has 0 N–H and O–H groups in total. The van der Waals surface area contributed by atoms with E-state index in [1.807, 2.05) is 27.0 Å². The Morgan fingerprint density at radius 3 is 2.56 bits per heavy atom. The van der Waals surface area contributed by atoms with Gasteiger partial charge < -0.3 is 18.6 Å². The van der Waals surface area contributed by atoms with Crippen molar-refractivity contribution in [2.45, 2.75) is 52.5 Å². The van der Waals surface area contributed by atoms with Crippen LogP contribution < -0.4 is 5.56 Å². The van der Waals surface area contributed by atoms with Crippen molar-refractivity contribution < 1.29 is 18.0 Å². The summed E-state index contributed by atoms with van der Waals surface area (Å²) >= 11 is 0. The van der Waals surface area contributed by atoms with E-state index in [0.717, 1.165) is 22.7 Å². The molecule has 0 spiro atoms. The standard InChI is InChI=1S/C26H26F3N5O2/c1-4-31-14-18(20-6-5-19(11-23(20)31)26(27,28)29)9-10-33-17(3)13-34-22(25(33)36)8-7-21(24(34)35)32-12-16(2)30-15-32/h5-8,11-12,14-15,17H,4,9-10,13H2,1-3H3. The van der Waals surface area contributed by atoms with Gasteiger partial charge in [0.1, 0.15) is 11.4 Å². The van der Waals surface area contributed by atoms with E-state index in [2.05, 4.69) is 4.98 Å². The molecule has 0 fully saturated rings. The van der Waals surface area contributed by atoms with E-state index in [9.17, 15) is 22.8 Å². The minimum Gasteiger partial charge on any atom is -0.347 e. The van der Waals surface area contributed by atoms with Crippen LogP contribution in [0.2, 0.25) is 0 Å². The molecule has 1 aromatic carbocycles. The Labute approximate surface area is 205 Å². The Hall–Kier alpha value is -3.82. The molecular formula is C26H26F3N5O2. The molecule has 4 aromatic rings. The van der Waals surface area contributed by atoms with Crippen molar-refractivity contribution in [1.82, 2.24) is 23.6 Å². The number of amides is 1. The number of fused-ring (bicyclic) bond motifs is 2. The van der Waals surface area contributed by atoms with Gasteiger partial charge in [-0.05, 0) is 57.0 Å². The molecule has 0 saturated carbocycles. The van der Waals surface area contributed by atoms with Crippen LogP contribution in [0.5, 0.6) is 0 Å². The fourth-order valence-electron chi connectivity index (χ4n) is 4.96. The highest BCUT2D eigenvalue weighted by Gasteiger charge is 2.32. The second kappa shape index (κ2) is 8.69. The molecule has 1 atom stereocenters. The van der Waals surface area contributed by atoms with Crippen molar-refractivity contribution in [2.24, 2.45) is 0 Å². The zero-order valence-electron chi connectivity index (χ0n) is 20.2. The number of nitrogens with zero attached hydrogens (tertiary/aromatic N) is 5. The predicted molar refractivity (Wildman–Crippen MR) is 129 cm³/mol. The first kappa shape index (κ1) is 23.9. The fraction of sp³-hybridized carbons (Fsp3) is 0.346. The van der Waals surface area contributed by atoms with Gasteiger partial charge in [-0.3, -0.25) is 9.59 Å². The normalized spacial score (nSPS) is 16.1. The zero-order chi connectivity index (χ0) is 25.8. The van der Waals surface area contributed by atoms with Crippen molar-refractivity contribution in [3.8, 4) is 5.69 Å². The van der Waals surface area contributed by atoms with Crippen molar-refractivity contribution >= 4 is 16.8 Å². The summed E-state index contributed by atoms with van der Waals surface area (Å²) in [5.74, 6) is -0.238. The number of hydrogen-bond donors (Lipinski definition) is 0. The van der Waals surface area contributed by atoms with Crippen molar-refractivity contribution in [1.29, 1.82) is 0 Å². The van der Waals surface area contributed by atoms with Crippen LogP contribution in [-0.4, -0.2) is 42.1 Å². The number of alkyl halides is 3. The third-order valence-corrected chi connectivity index (χ3v) is 6.86. The molecule has 1 amide bonds. The van der Waals surface area contributed by atoms with Crippen molar-refractivity contribution in [3.05, 3.63) is 81.9 Å². The largest absolute Gasteiger partial charge is 0.416 e. The van der Waals surface area contributed by atoms with Gasteiger partial charge in [-0.1, -0.05) is 6.07 Å². The molecule has 10 heteroatoms. The smallest absolute Gasteiger partial charge is 0.347 e. The number of halogens is 3. The number of imidazole rings is 1. The molecule has 0 radical (unpaired) electrons. The highest BCUT2D eigenvalue weighted by Crippen LogP contribution is 2.33. The minimum atomic E-state index is -4.41. The summed E-state index contributed by atoms with van der Waals surface area (Å²) in [5.41, 5.74) is 2.02. The number of carbonyl (C=O) groups excluding carboxylic acids is 1. The lowest BCUT2D eigenvalue weighted by Gasteiger charge is -2.35. The Bertz CT molecular complexity index is 1530. The number of hydrogen-bond acceptors (Lipinski definition) is 3. The van der Waals surface area contributed by atoms with E-state index in [4.69, 9.17) is 0 Å². The molecule has 0 aliphatic carbocycles. The molecule has 3 aromatic heterocycles. The molecule has 0 saturated heterocycles. The maximum atomic E-state index is 13.3. The van der Waals surface area contributed by atoms with Crippen LogP contribution in [0.1, 0.15) is 41.2 Å². The second-order valence-electron chi connectivity index (χ2n) is 9.21. The molecule has 7 nitrogen and oxygen atoms in total. The lowest BCUT2D eigenvalue weighted by atomic mass is 10.1. The second-order valence-corrected chi connectivity index (χ2v) is 9.21. The third-order valence-electron chi connectivity index (χ3n) is 6.86. The maximum Gasteiger partial charge on any atom is 0.416 e. The SMILES string of the molecule is CCn1cc(CCN2C(=O)c3ccc(-n4cnc(C)c4)c(=O)n3CC2C)c2ccc(C(F)(F)F)cc21. The lowest BCUT2D eigenvalue weighted by molar-refractivity contribution is -0.137. The molecular weight excluding hydrogens is 471 g/mol. The zero-order valence-corrected chi connectivity index (χ0v) is 20.2. The Morgan fingerprint density at radius 1 is 1.11 bits per heavy atom. The van der Waals surface area contributed by atoms with Crippen molar-refractivity contribution in [3.63, 3.8) is 0 Å². The van der Waals surface area contributed by atoms with E-state index in [0.29, 0.717) is 43.0 Å². The van der Waals surface area contributed by atoms with Crippen LogP contribution in [-0.2, 0) is 25.7 Å². The third kappa shape index (κ3) is 4.00. The van der Waals surface area contributed by atoms with Gasteiger partial charge in [-0.15, -0.1) is 0 Å². The summed E-state index contributed by atoms with van der Waals surface area (Å²) in [6.07, 6.45) is 1.27. The average Bonchev–Trinajstić information content (AvgIpc) is 3.42. The Balaban J connectivity index is 1.41. The average molecular weight is 498 g/mol. The van der Waals surface area contributed by atoms with Crippen LogP contribution in [0.3, 0.4) is 0 Å². The van der Waals surface area contributed by atoms with Crippen LogP contribution in [0.25, 0.3) is 16.6 Å². The van der Waals surface area contributed by atoms with E-state index in [1.54, 1.807) is 38.7 Å². The number of aromatic nitrogens is 4. The van der Waals surface area contributed by atoms with Crippen LogP contribution in [0, 0.1) is 6.92 Å². The van der Waals surface area contributed by atoms with Crippen LogP contribution >= 0.6 is 0 Å².